The summed E-state index contributed by atoms with van der Waals surface area (Å²) < 4.78 is 1.95. The van der Waals surface area contributed by atoms with Gasteiger partial charge in [0.1, 0.15) is 0 Å². The molecular weight excluding hydrogens is 284 g/mol. The molecule has 0 saturated carbocycles. The maximum absolute atomic E-state index is 10.1. The van der Waals surface area contributed by atoms with E-state index in [9.17, 15) is 5.11 Å². The van der Waals surface area contributed by atoms with Crippen molar-refractivity contribution in [2.45, 2.75) is 45.6 Å². The molecule has 3 nitrogen and oxygen atoms in total. The lowest BCUT2D eigenvalue weighted by Crippen LogP contribution is -2.33. The number of aliphatic hydroxyl groups is 1. The summed E-state index contributed by atoms with van der Waals surface area (Å²) in [7, 11) is 0. The minimum Gasteiger partial charge on any atom is -0.395 e. The van der Waals surface area contributed by atoms with Crippen molar-refractivity contribution in [2.75, 3.05) is 6.61 Å². The van der Waals surface area contributed by atoms with Crippen LogP contribution in [0.1, 0.15) is 37.2 Å². The largest absolute Gasteiger partial charge is 0.395 e. The third-order valence-corrected chi connectivity index (χ3v) is 4.82. The van der Waals surface area contributed by atoms with Crippen molar-refractivity contribution in [1.29, 1.82) is 0 Å². The Labute approximate surface area is 131 Å². The maximum Gasteiger partial charge on any atom is 0.0847 e. The number of hydrogen-bond acceptors (Lipinski definition) is 2. The molecule has 0 radical (unpaired) electrons. The molecule has 0 aliphatic rings. The third-order valence-electron chi connectivity index (χ3n) is 4.32. The summed E-state index contributed by atoms with van der Waals surface area (Å²) in [4.78, 5) is 0. The Morgan fingerprint density at radius 2 is 1.90 bits per heavy atom. The van der Waals surface area contributed by atoms with Gasteiger partial charge in [-0.05, 0) is 25.8 Å². The normalized spacial score (nSPS) is 14.1. The summed E-state index contributed by atoms with van der Waals surface area (Å²) in [5.41, 5.74) is 2.69. The Balaban J connectivity index is 2.46. The third kappa shape index (κ3) is 2.99. The van der Waals surface area contributed by atoms with E-state index in [-0.39, 0.29) is 12.0 Å². The van der Waals surface area contributed by atoms with Gasteiger partial charge in [-0.3, -0.25) is 4.68 Å². The molecule has 0 amide bonds. The van der Waals surface area contributed by atoms with Crippen LogP contribution in [0.3, 0.4) is 0 Å². The van der Waals surface area contributed by atoms with Crippen LogP contribution >= 0.6 is 11.6 Å². The Morgan fingerprint density at radius 3 is 2.43 bits per heavy atom. The lowest BCUT2D eigenvalue weighted by Gasteiger charge is -2.31. The Kier molecular flexibility index (Phi) is 5.07. The fraction of sp³-hybridized carbons (Fsp3) is 0.471. The number of aryl methyl sites for hydroxylation is 2. The van der Waals surface area contributed by atoms with E-state index in [1.54, 1.807) is 0 Å². The highest BCUT2D eigenvalue weighted by atomic mass is 35.5. The molecule has 1 aromatic heterocycles. The molecule has 0 fully saturated rings. The highest BCUT2D eigenvalue weighted by Crippen LogP contribution is 2.34. The number of benzene rings is 1. The molecule has 2 aromatic rings. The summed E-state index contributed by atoms with van der Waals surface area (Å²) in [6, 6.07) is 10.2. The molecule has 2 rings (SSSR count). The van der Waals surface area contributed by atoms with Gasteiger partial charge in [-0.25, -0.2) is 0 Å². The van der Waals surface area contributed by atoms with Crippen molar-refractivity contribution in [3.05, 3.63) is 52.3 Å². The summed E-state index contributed by atoms with van der Waals surface area (Å²) in [5, 5.41) is 15.3. The standard InChI is InChI=1S/C17H23ClN2O/c1-4-17(12-21,14-9-7-6-8-10-14)11-15-16(18)13(3)19-20(15)5-2/h6-10,21H,4-5,11-12H2,1-3H3. The van der Waals surface area contributed by atoms with Crippen LogP contribution in [0, 0.1) is 6.92 Å². The van der Waals surface area contributed by atoms with Crippen LogP contribution in [0.25, 0.3) is 0 Å². The molecule has 0 bridgehead atoms. The van der Waals surface area contributed by atoms with Gasteiger partial charge in [0.05, 0.1) is 23.0 Å². The second-order valence-corrected chi connectivity index (χ2v) is 5.87. The van der Waals surface area contributed by atoms with Crippen LogP contribution in [0.2, 0.25) is 5.02 Å². The zero-order chi connectivity index (χ0) is 15.5. The fourth-order valence-corrected chi connectivity index (χ4v) is 3.04. The first kappa shape index (κ1) is 16.1. The van der Waals surface area contributed by atoms with Gasteiger partial charge < -0.3 is 5.11 Å². The maximum atomic E-state index is 10.1. The molecule has 21 heavy (non-hydrogen) atoms. The van der Waals surface area contributed by atoms with E-state index in [2.05, 4.69) is 31.1 Å². The summed E-state index contributed by atoms with van der Waals surface area (Å²) >= 11 is 6.44. The van der Waals surface area contributed by atoms with E-state index >= 15 is 0 Å². The molecular formula is C17H23ClN2O. The molecule has 114 valence electrons. The van der Waals surface area contributed by atoms with Crippen LogP contribution in [0.5, 0.6) is 0 Å². The number of aromatic nitrogens is 2. The van der Waals surface area contributed by atoms with E-state index in [0.717, 1.165) is 34.9 Å². The molecule has 1 unspecified atom stereocenters. The number of halogens is 1. The summed E-state index contributed by atoms with van der Waals surface area (Å²) in [5.74, 6) is 0. The van der Waals surface area contributed by atoms with Gasteiger partial charge in [0.2, 0.25) is 0 Å². The van der Waals surface area contributed by atoms with Crippen LogP contribution in [0.15, 0.2) is 30.3 Å². The number of aliphatic hydroxyl groups excluding tert-OH is 1. The van der Waals surface area contributed by atoms with E-state index < -0.39 is 0 Å². The average Bonchev–Trinajstić information content (AvgIpc) is 2.80. The molecule has 0 saturated heterocycles. The Bertz CT molecular complexity index is 588. The Hall–Kier alpha value is -1.32. The zero-order valence-corrected chi connectivity index (χ0v) is 13.7. The highest BCUT2D eigenvalue weighted by molar-refractivity contribution is 6.31. The first-order valence-electron chi connectivity index (χ1n) is 7.46. The molecule has 4 heteroatoms. The molecule has 0 aliphatic carbocycles. The first-order chi connectivity index (χ1) is 10.1. The monoisotopic (exact) mass is 306 g/mol. The lowest BCUT2D eigenvalue weighted by molar-refractivity contribution is 0.184. The van der Waals surface area contributed by atoms with Gasteiger partial charge in [-0.1, -0.05) is 48.9 Å². The second-order valence-electron chi connectivity index (χ2n) is 5.50. The van der Waals surface area contributed by atoms with E-state index in [1.165, 1.54) is 0 Å². The minimum atomic E-state index is -0.315. The van der Waals surface area contributed by atoms with Crippen LogP contribution in [0.4, 0.5) is 0 Å². The van der Waals surface area contributed by atoms with Gasteiger partial charge in [0, 0.05) is 18.4 Å². The van der Waals surface area contributed by atoms with Crippen molar-refractivity contribution in [2.24, 2.45) is 0 Å². The molecule has 0 aliphatic heterocycles. The van der Waals surface area contributed by atoms with E-state index in [1.807, 2.05) is 29.8 Å². The number of rotatable bonds is 6. The topological polar surface area (TPSA) is 38.0 Å². The van der Waals surface area contributed by atoms with Gasteiger partial charge >= 0.3 is 0 Å². The number of hydrogen-bond donors (Lipinski definition) is 1. The molecule has 1 heterocycles. The molecule has 1 atom stereocenters. The van der Waals surface area contributed by atoms with Gasteiger partial charge in [-0.15, -0.1) is 0 Å². The van der Waals surface area contributed by atoms with Gasteiger partial charge in [-0.2, -0.15) is 5.10 Å². The second kappa shape index (κ2) is 6.63. The van der Waals surface area contributed by atoms with Crippen molar-refractivity contribution >= 4 is 11.6 Å². The van der Waals surface area contributed by atoms with E-state index in [0.29, 0.717) is 6.42 Å². The van der Waals surface area contributed by atoms with E-state index in [4.69, 9.17) is 11.6 Å². The predicted octanol–water partition coefficient (Wildman–Crippen LogP) is 3.75. The first-order valence-corrected chi connectivity index (χ1v) is 7.84. The quantitative estimate of drug-likeness (QED) is 0.882. The molecule has 1 aromatic carbocycles. The Morgan fingerprint density at radius 1 is 1.24 bits per heavy atom. The van der Waals surface area contributed by atoms with Gasteiger partial charge in [0.25, 0.3) is 0 Å². The van der Waals surface area contributed by atoms with Crippen molar-refractivity contribution in [1.82, 2.24) is 9.78 Å². The highest BCUT2D eigenvalue weighted by Gasteiger charge is 2.32. The SMILES string of the molecule is CCn1nc(C)c(Cl)c1CC(CC)(CO)c1ccccc1. The lowest BCUT2D eigenvalue weighted by atomic mass is 9.75. The summed E-state index contributed by atoms with van der Waals surface area (Å²) in [6.45, 7) is 6.96. The zero-order valence-electron chi connectivity index (χ0n) is 12.9. The molecule has 0 spiro atoms. The predicted molar refractivity (Wildman–Crippen MR) is 86.8 cm³/mol. The average molecular weight is 307 g/mol. The smallest absolute Gasteiger partial charge is 0.0847 e. The van der Waals surface area contributed by atoms with Crippen LogP contribution in [-0.4, -0.2) is 21.5 Å². The van der Waals surface area contributed by atoms with Crippen molar-refractivity contribution < 1.29 is 5.11 Å². The van der Waals surface area contributed by atoms with Crippen molar-refractivity contribution in [3.63, 3.8) is 0 Å². The fourth-order valence-electron chi connectivity index (χ4n) is 2.84. The number of nitrogens with zero attached hydrogens (tertiary/aromatic N) is 2. The summed E-state index contributed by atoms with van der Waals surface area (Å²) in [6.07, 6.45) is 1.54. The van der Waals surface area contributed by atoms with Gasteiger partial charge in [0.15, 0.2) is 0 Å². The minimum absolute atomic E-state index is 0.0950. The van der Waals surface area contributed by atoms with Crippen LogP contribution in [-0.2, 0) is 18.4 Å². The molecule has 1 N–H and O–H groups in total. The van der Waals surface area contributed by atoms with Crippen LogP contribution < -0.4 is 0 Å². The van der Waals surface area contributed by atoms with Crippen molar-refractivity contribution in [3.8, 4) is 0 Å².